The topological polar surface area (TPSA) is 93.6 Å². The van der Waals surface area contributed by atoms with Crippen molar-refractivity contribution in [2.24, 2.45) is 5.10 Å². The Morgan fingerprint density at radius 3 is 2.57 bits per heavy atom. The summed E-state index contributed by atoms with van der Waals surface area (Å²) in [6, 6.07) is 13.1. The minimum atomic E-state index is -0.409. The lowest BCUT2D eigenvalue weighted by atomic mass is 10.0. The van der Waals surface area contributed by atoms with Crippen molar-refractivity contribution in [1.29, 1.82) is 0 Å². The Hall–Kier alpha value is -3.61. The highest BCUT2D eigenvalue weighted by molar-refractivity contribution is 5.94. The Balaban J connectivity index is 1.66. The largest absolute Gasteiger partial charge is 0.507 e. The Morgan fingerprint density at radius 2 is 1.90 bits per heavy atom. The van der Waals surface area contributed by atoms with Crippen LogP contribution in [0.3, 0.4) is 0 Å². The molecule has 0 unspecified atom stereocenters. The van der Waals surface area contributed by atoms with Crippen LogP contribution in [0.25, 0.3) is 11.3 Å². The number of phenols is 1. The first-order chi connectivity index (χ1) is 14.4. The number of aromatic nitrogens is 2. The molecule has 1 amide bonds. The molecule has 1 heterocycles. The van der Waals surface area contributed by atoms with Gasteiger partial charge >= 0.3 is 0 Å². The van der Waals surface area contributed by atoms with Gasteiger partial charge in [0.2, 0.25) is 0 Å². The number of carbonyl (C=O) groups is 1. The van der Waals surface area contributed by atoms with Crippen LogP contribution in [-0.2, 0) is 0 Å². The van der Waals surface area contributed by atoms with Crippen LogP contribution in [0.5, 0.6) is 5.75 Å². The van der Waals surface area contributed by atoms with Crippen LogP contribution in [0.4, 0.5) is 5.69 Å². The molecule has 0 spiro atoms. The van der Waals surface area contributed by atoms with E-state index >= 15 is 0 Å². The van der Waals surface area contributed by atoms with Gasteiger partial charge in [-0.25, -0.2) is 5.43 Å². The van der Waals surface area contributed by atoms with Gasteiger partial charge in [0, 0.05) is 36.0 Å². The summed E-state index contributed by atoms with van der Waals surface area (Å²) in [4.78, 5) is 14.5. The lowest BCUT2D eigenvalue weighted by Crippen LogP contribution is -2.21. The number of aromatic hydroxyl groups is 1. The van der Waals surface area contributed by atoms with E-state index < -0.39 is 5.91 Å². The van der Waals surface area contributed by atoms with Crippen LogP contribution in [0, 0.1) is 13.8 Å². The maximum Gasteiger partial charge on any atom is 0.289 e. The molecule has 0 radical (unpaired) electrons. The zero-order valence-electron chi connectivity index (χ0n) is 17.7. The number of anilines is 1. The Kier molecular flexibility index (Phi) is 6.51. The van der Waals surface area contributed by atoms with E-state index in [0.29, 0.717) is 17.0 Å². The summed E-state index contributed by atoms with van der Waals surface area (Å²) < 4.78 is 0. The van der Waals surface area contributed by atoms with Gasteiger partial charge in [0.25, 0.3) is 5.91 Å². The molecule has 0 saturated heterocycles. The predicted molar refractivity (Wildman–Crippen MR) is 120 cm³/mol. The van der Waals surface area contributed by atoms with Gasteiger partial charge in [-0.1, -0.05) is 12.1 Å². The van der Waals surface area contributed by atoms with E-state index in [2.05, 4.69) is 46.4 Å². The maximum absolute atomic E-state index is 12.3. The number of nitrogens with zero attached hydrogens (tertiary/aromatic N) is 3. The van der Waals surface area contributed by atoms with E-state index in [0.717, 1.165) is 29.9 Å². The number of hydrazone groups is 1. The first-order valence-corrected chi connectivity index (χ1v) is 9.97. The lowest BCUT2D eigenvalue weighted by molar-refractivity contribution is 0.0950. The molecule has 2 aromatic carbocycles. The molecule has 7 heteroatoms. The SMILES string of the molecule is CCN(CC)c1ccc(/C=N/NC(=O)c2cc(-c3ccc(C)c(C)c3)n[nH]2)c(O)c1. The lowest BCUT2D eigenvalue weighted by Gasteiger charge is -2.21. The maximum atomic E-state index is 12.3. The monoisotopic (exact) mass is 405 g/mol. The molecule has 30 heavy (non-hydrogen) atoms. The number of aryl methyl sites for hydroxylation is 2. The van der Waals surface area contributed by atoms with Gasteiger partial charge in [0.05, 0.1) is 11.9 Å². The number of hydrogen-bond acceptors (Lipinski definition) is 5. The molecule has 0 atom stereocenters. The van der Waals surface area contributed by atoms with Crippen molar-refractivity contribution in [3.05, 3.63) is 64.8 Å². The van der Waals surface area contributed by atoms with E-state index in [1.54, 1.807) is 18.2 Å². The number of carbonyl (C=O) groups excluding carboxylic acids is 1. The summed E-state index contributed by atoms with van der Waals surface area (Å²) in [7, 11) is 0. The number of aromatic amines is 1. The van der Waals surface area contributed by atoms with Crippen molar-refractivity contribution in [2.45, 2.75) is 27.7 Å². The van der Waals surface area contributed by atoms with Crippen molar-refractivity contribution in [3.8, 4) is 17.0 Å². The second-order valence-electron chi connectivity index (χ2n) is 7.08. The third-order valence-electron chi connectivity index (χ3n) is 5.14. The van der Waals surface area contributed by atoms with Crippen LogP contribution >= 0.6 is 0 Å². The van der Waals surface area contributed by atoms with Crippen molar-refractivity contribution in [2.75, 3.05) is 18.0 Å². The zero-order chi connectivity index (χ0) is 21.7. The van der Waals surface area contributed by atoms with Crippen molar-refractivity contribution in [3.63, 3.8) is 0 Å². The molecule has 1 aromatic heterocycles. The van der Waals surface area contributed by atoms with Crippen LogP contribution in [0.15, 0.2) is 47.6 Å². The average Bonchev–Trinajstić information content (AvgIpc) is 3.23. The molecule has 7 nitrogen and oxygen atoms in total. The summed E-state index contributed by atoms with van der Waals surface area (Å²) in [5.74, 6) is -0.302. The van der Waals surface area contributed by atoms with Crippen LogP contribution in [0.1, 0.15) is 41.0 Å². The highest BCUT2D eigenvalue weighted by Crippen LogP contribution is 2.24. The van der Waals surface area contributed by atoms with E-state index in [1.165, 1.54) is 11.8 Å². The summed E-state index contributed by atoms with van der Waals surface area (Å²) in [5.41, 5.74) is 8.22. The smallest absolute Gasteiger partial charge is 0.289 e. The van der Waals surface area contributed by atoms with Gasteiger partial charge in [-0.15, -0.1) is 0 Å². The van der Waals surface area contributed by atoms with Gasteiger partial charge in [-0.3, -0.25) is 9.89 Å². The number of phenolic OH excluding ortho intramolecular Hbond substituents is 1. The van der Waals surface area contributed by atoms with E-state index in [-0.39, 0.29) is 5.75 Å². The molecular weight excluding hydrogens is 378 g/mol. The molecule has 3 rings (SSSR count). The molecule has 0 aliphatic heterocycles. The number of nitrogens with one attached hydrogen (secondary N) is 2. The summed E-state index contributed by atoms with van der Waals surface area (Å²) >= 11 is 0. The fraction of sp³-hybridized carbons (Fsp3) is 0.261. The Morgan fingerprint density at radius 1 is 1.13 bits per heavy atom. The second-order valence-corrected chi connectivity index (χ2v) is 7.08. The minimum Gasteiger partial charge on any atom is -0.507 e. The molecule has 156 valence electrons. The first-order valence-electron chi connectivity index (χ1n) is 9.97. The predicted octanol–water partition coefficient (Wildman–Crippen LogP) is 4.01. The van der Waals surface area contributed by atoms with Crippen molar-refractivity contribution in [1.82, 2.24) is 15.6 Å². The number of amides is 1. The quantitative estimate of drug-likeness (QED) is 0.409. The van der Waals surface area contributed by atoms with E-state index in [4.69, 9.17) is 0 Å². The van der Waals surface area contributed by atoms with E-state index in [1.807, 2.05) is 31.2 Å². The number of rotatable bonds is 7. The molecule has 3 N–H and O–H groups in total. The number of benzene rings is 2. The second kappa shape index (κ2) is 9.26. The van der Waals surface area contributed by atoms with Gasteiger partial charge in [-0.2, -0.15) is 10.2 Å². The fourth-order valence-electron chi connectivity index (χ4n) is 3.13. The Bertz CT molecular complexity index is 1070. The average molecular weight is 406 g/mol. The third-order valence-corrected chi connectivity index (χ3v) is 5.14. The molecular formula is C23H27N5O2. The van der Waals surface area contributed by atoms with E-state index in [9.17, 15) is 9.90 Å². The molecule has 0 saturated carbocycles. The first kappa shape index (κ1) is 21.1. The number of hydrogen-bond donors (Lipinski definition) is 3. The molecule has 0 aliphatic carbocycles. The molecule has 0 fully saturated rings. The minimum absolute atomic E-state index is 0.107. The highest BCUT2D eigenvalue weighted by atomic mass is 16.3. The zero-order valence-corrected chi connectivity index (χ0v) is 17.7. The highest BCUT2D eigenvalue weighted by Gasteiger charge is 2.11. The molecule has 0 bridgehead atoms. The normalized spacial score (nSPS) is 11.1. The fourth-order valence-corrected chi connectivity index (χ4v) is 3.13. The molecule has 3 aromatic rings. The van der Waals surface area contributed by atoms with Crippen LogP contribution < -0.4 is 10.3 Å². The Labute approximate surface area is 176 Å². The third kappa shape index (κ3) is 4.68. The summed E-state index contributed by atoms with van der Waals surface area (Å²) in [5, 5.41) is 21.2. The standard InChI is InChI=1S/C23H27N5O2/c1-5-28(6-2)19-10-9-18(22(29)12-19)14-24-27-23(30)21-13-20(25-26-21)17-8-7-15(3)16(4)11-17/h7-14,29H,5-6H2,1-4H3,(H,25,26)(H,27,30)/b24-14+. The van der Waals surface area contributed by atoms with Gasteiger partial charge in [0.15, 0.2) is 0 Å². The van der Waals surface area contributed by atoms with Crippen LogP contribution in [-0.4, -0.2) is 40.5 Å². The van der Waals surface area contributed by atoms with Gasteiger partial charge < -0.3 is 10.0 Å². The van der Waals surface area contributed by atoms with Gasteiger partial charge in [-0.05, 0) is 63.1 Å². The van der Waals surface area contributed by atoms with Crippen LogP contribution in [0.2, 0.25) is 0 Å². The van der Waals surface area contributed by atoms with Crippen molar-refractivity contribution >= 4 is 17.8 Å². The number of H-pyrrole nitrogens is 1. The van der Waals surface area contributed by atoms with Crippen molar-refractivity contribution < 1.29 is 9.90 Å². The summed E-state index contributed by atoms with van der Waals surface area (Å²) in [6.07, 6.45) is 1.42. The summed E-state index contributed by atoms with van der Waals surface area (Å²) in [6.45, 7) is 9.92. The molecule has 0 aliphatic rings. The van der Waals surface area contributed by atoms with Gasteiger partial charge in [0.1, 0.15) is 11.4 Å².